The molecule has 5 heterocycles. The topological polar surface area (TPSA) is 37.9 Å². The van der Waals surface area contributed by atoms with E-state index in [1.165, 1.54) is 24.9 Å². The van der Waals surface area contributed by atoms with Gasteiger partial charge in [0.25, 0.3) is 0 Å². The lowest BCUT2D eigenvalue weighted by atomic mass is 9.71. The summed E-state index contributed by atoms with van der Waals surface area (Å²) in [4.78, 5) is 7.17. The zero-order valence-corrected chi connectivity index (χ0v) is 14.6. The predicted molar refractivity (Wildman–Crippen MR) is 97.7 cm³/mol. The van der Waals surface area contributed by atoms with Crippen LogP contribution < -0.4 is 4.74 Å². The minimum Gasteiger partial charge on any atom is -0.497 e. The highest BCUT2D eigenvalue weighted by molar-refractivity contribution is 5.85. The molecule has 0 amide bonds. The molecule has 25 heavy (non-hydrogen) atoms. The minimum absolute atomic E-state index is 0.182. The van der Waals surface area contributed by atoms with Gasteiger partial charge in [-0.3, -0.25) is 9.88 Å². The van der Waals surface area contributed by atoms with E-state index in [1.807, 2.05) is 18.3 Å². The third-order valence-electron chi connectivity index (χ3n) is 6.51. The van der Waals surface area contributed by atoms with Gasteiger partial charge < -0.3 is 9.47 Å². The molecule has 1 aromatic heterocycles. The van der Waals surface area contributed by atoms with Gasteiger partial charge in [-0.25, -0.2) is 0 Å². The number of methoxy groups -OCH3 is 1. The van der Waals surface area contributed by atoms with Crippen LogP contribution in [0, 0.1) is 11.8 Å². The molecule has 2 aromatic rings. The van der Waals surface area contributed by atoms with Crippen molar-refractivity contribution in [3.8, 4) is 5.75 Å². The number of epoxide rings is 1. The predicted octanol–water partition coefficient (Wildman–Crippen LogP) is 3.37. The summed E-state index contributed by atoms with van der Waals surface area (Å²) in [7, 11) is 1.71. The molecule has 0 radical (unpaired) electrons. The van der Waals surface area contributed by atoms with Gasteiger partial charge in [0.05, 0.1) is 19.2 Å². The number of nitrogens with zero attached hydrogens (tertiary/aromatic N) is 2. The van der Waals surface area contributed by atoms with Gasteiger partial charge in [-0.1, -0.05) is 6.08 Å². The van der Waals surface area contributed by atoms with E-state index in [0.29, 0.717) is 12.0 Å². The van der Waals surface area contributed by atoms with Crippen LogP contribution in [0.1, 0.15) is 18.4 Å². The van der Waals surface area contributed by atoms with Crippen molar-refractivity contribution in [1.82, 2.24) is 9.88 Å². The van der Waals surface area contributed by atoms with Gasteiger partial charge in [0, 0.05) is 24.2 Å². The fraction of sp³-hybridized carbons (Fsp3) is 0.476. The van der Waals surface area contributed by atoms with E-state index in [9.17, 15) is 0 Å². The summed E-state index contributed by atoms with van der Waals surface area (Å²) in [5, 5.41) is 1.15. The number of hydrogen-bond acceptors (Lipinski definition) is 4. The number of hydrogen-bond donors (Lipinski definition) is 0. The number of fused-ring (bicyclic) bond motifs is 4. The van der Waals surface area contributed by atoms with Gasteiger partial charge in [0.1, 0.15) is 11.4 Å². The lowest BCUT2D eigenvalue weighted by molar-refractivity contribution is -0.0205. The van der Waals surface area contributed by atoms with Gasteiger partial charge in [0.2, 0.25) is 0 Å². The highest BCUT2D eigenvalue weighted by atomic mass is 16.6. The van der Waals surface area contributed by atoms with Crippen molar-refractivity contribution in [1.29, 1.82) is 0 Å². The second-order valence-corrected chi connectivity index (χ2v) is 7.61. The highest BCUT2D eigenvalue weighted by Gasteiger charge is 2.59. The van der Waals surface area contributed by atoms with Crippen LogP contribution in [-0.4, -0.2) is 42.7 Å². The fourth-order valence-electron chi connectivity index (χ4n) is 5.05. The summed E-state index contributed by atoms with van der Waals surface area (Å²) in [6.45, 7) is 7.14. The summed E-state index contributed by atoms with van der Waals surface area (Å²) < 4.78 is 11.6. The van der Waals surface area contributed by atoms with Crippen LogP contribution in [0.2, 0.25) is 0 Å². The van der Waals surface area contributed by atoms with E-state index in [2.05, 4.69) is 34.7 Å². The normalized spacial score (nSPS) is 36.4. The molecule has 1 aromatic carbocycles. The van der Waals surface area contributed by atoms with Crippen LogP contribution in [0.5, 0.6) is 5.75 Å². The number of benzene rings is 1. The monoisotopic (exact) mass is 336 g/mol. The molecule has 4 aliphatic rings. The van der Waals surface area contributed by atoms with Crippen molar-refractivity contribution >= 4 is 10.9 Å². The van der Waals surface area contributed by atoms with E-state index in [0.717, 1.165) is 35.7 Å². The largest absolute Gasteiger partial charge is 0.497 e. The highest BCUT2D eigenvalue weighted by Crippen LogP contribution is 2.52. The Kier molecular flexibility index (Phi) is 3.41. The van der Waals surface area contributed by atoms with Crippen LogP contribution in [0.25, 0.3) is 10.9 Å². The Morgan fingerprint density at radius 1 is 1.40 bits per heavy atom. The fourth-order valence-corrected chi connectivity index (χ4v) is 5.05. The summed E-state index contributed by atoms with van der Waals surface area (Å²) in [6, 6.07) is 8.71. The molecule has 0 saturated carbocycles. The Hall–Kier alpha value is -1.91. The third kappa shape index (κ3) is 2.24. The second kappa shape index (κ2) is 5.55. The van der Waals surface area contributed by atoms with E-state index in [4.69, 9.17) is 9.47 Å². The minimum atomic E-state index is -0.182. The second-order valence-electron chi connectivity index (χ2n) is 7.61. The first-order valence-electron chi connectivity index (χ1n) is 9.19. The number of piperidine rings is 3. The molecule has 1 unspecified atom stereocenters. The quantitative estimate of drug-likeness (QED) is 0.634. The van der Waals surface area contributed by atoms with E-state index in [1.54, 1.807) is 7.11 Å². The number of pyridine rings is 1. The van der Waals surface area contributed by atoms with Crippen LogP contribution in [0.3, 0.4) is 0 Å². The van der Waals surface area contributed by atoms with Gasteiger partial charge >= 0.3 is 0 Å². The first-order valence-corrected chi connectivity index (χ1v) is 9.19. The Balaban J connectivity index is 1.57. The SMILES string of the molecule is C=C[C@H]1CN2CC[C@H]1C[C@@H]2[C@]1(c2ccnc3ccc(OC)cc23)CO1. The number of aromatic nitrogens is 1. The summed E-state index contributed by atoms with van der Waals surface area (Å²) in [5.41, 5.74) is 2.09. The first kappa shape index (κ1) is 15.4. The first-order chi connectivity index (χ1) is 12.2. The van der Waals surface area contributed by atoms with Crippen LogP contribution in [-0.2, 0) is 10.3 Å². The maximum absolute atomic E-state index is 6.19. The smallest absolute Gasteiger partial charge is 0.133 e. The molecule has 4 saturated heterocycles. The zero-order chi connectivity index (χ0) is 17.0. The molecule has 6 rings (SSSR count). The standard InChI is InChI=1S/C21H24N2O2/c1-3-14-12-23-9-7-15(14)10-20(23)21(13-25-21)18-6-8-22-19-5-4-16(24-2)11-17(18)19/h3-6,8,11,14-15,20H,1,7,9-10,12-13H2,2H3/t14-,15-,20+,21+/m0/s1. The van der Waals surface area contributed by atoms with Gasteiger partial charge in [-0.15, -0.1) is 6.58 Å². The van der Waals surface area contributed by atoms with E-state index >= 15 is 0 Å². The molecule has 4 heteroatoms. The molecule has 4 aliphatic heterocycles. The molecule has 4 fully saturated rings. The Bertz CT molecular complexity index is 830. The Morgan fingerprint density at radius 2 is 2.28 bits per heavy atom. The molecule has 5 atom stereocenters. The van der Waals surface area contributed by atoms with Crippen LogP contribution in [0.15, 0.2) is 43.1 Å². The summed E-state index contributed by atoms with van der Waals surface area (Å²) >= 11 is 0. The Morgan fingerprint density at radius 3 is 2.96 bits per heavy atom. The lowest BCUT2D eigenvalue weighted by Gasteiger charge is -2.51. The van der Waals surface area contributed by atoms with Crippen molar-refractivity contribution < 1.29 is 9.47 Å². The lowest BCUT2D eigenvalue weighted by Crippen LogP contribution is -2.57. The van der Waals surface area contributed by atoms with Crippen molar-refractivity contribution in [3.63, 3.8) is 0 Å². The molecule has 0 N–H and O–H groups in total. The molecular formula is C21H24N2O2. The van der Waals surface area contributed by atoms with Crippen LogP contribution >= 0.6 is 0 Å². The van der Waals surface area contributed by atoms with Gasteiger partial charge in [0.15, 0.2) is 0 Å². The van der Waals surface area contributed by atoms with Crippen molar-refractivity contribution in [3.05, 3.63) is 48.7 Å². The van der Waals surface area contributed by atoms with Crippen molar-refractivity contribution in [2.45, 2.75) is 24.5 Å². The third-order valence-corrected chi connectivity index (χ3v) is 6.51. The van der Waals surface area contributed by atoms with Crippen LogP contribution in [0.4, 0.5) is 0 Å². The molecule has 0 aliphatic carbocycles. The van der Waals surface area contributed by atoms with E-state index < -0.39 is 0 Å². The number of ether oxygens (including phenoxy) is 2. The molecule has 2 bridgehead atoms. The molecule has 130 valence electrons. The average Bonchev–Trinajstić information content (AvgIpc) is 3.49. The molecular weight excluding hydrogens is 312 g/mol. The van der Waals surface area contributed by atoms with Gasteiger partial charge in [-0.2, -0.15) is 0 Å². The molecule has 0 spiro atoms. The maximum Gasteiger partial charge on any atom is 0.133 e. The maximum atomic E-state index is 6.19. The zero-order valence-electron chi connectivity index (χ0n) is 14.6. The molecule has 4 nitrogen and oxygen atoms in total. The van der Waals surface area contributed by atoms with Crippen molar-refractivity contribution in [2.75, 3.05) is 26.8 Å². The van der Waals surface area contributed by atoms with Crippen molar-refractivity contribution in [2.24, 2.45) is 11.8 Å². The average molecular weight is 336 g/mol. The number of rotatable bonds is 4. The van der Waals surface area contributed by atoms with E-state index in [-0.39, 0.29) is 5.60 Å². The van der Waals surface area contributed by atoms with Gasteiger partial charge in [-0.05, 0) is 61.1 Å². The Labute approximate surface area is 148 Å². The summed E-state index contributed by atoms with van der Waals surface area (Å²) in [6.07, 6.45) is 6.55. The summed E-state index contributed by atoms with van der Waals surface area (Å²) in [5.74, 6) is 2.25.